The first-order valence-corrected chi connectivity index (χ1v) is 8.51. The average molecular weight is 280 g/mol. The van der Waals surface area contributed by atoms with Crippen molar-refractivity contribution in [1.29, 1.82) is 0 Å². The van der Waals surface area contributed by atoms with Gasteiger partial charge in [0, 0.05) is 12.2 Å². The molecule has 3 heteroatoms. The Labute approximate surface area is 123 Å². The highest BCUT2D eigenvalue weighted by Crippen LogP contribution is 2.34. The van der Waals surface area contributed by atoms with E-state index in [4.69, 9.17) is 0 Å². The predicted molar refractivity (Wildman–Crippen MR) is 85.0 cm³/mol. The van der Waals surface area contributed by atoms with E-state index in [1.807, 2.05) is 0 Å². The molecule has 1 aromatic heterocycles. The van der Waals surface area contributed by atoms with Crippen LogP contribution in [0.1, 0.15) is 63.8 Å². The van der Waals surface area contributed by atoms with Crippen LogP contribution in [0.25, 0.3) is 0 Å². The first kappa shape index (κ1) is 15.0. The van der Waals surface area contributed by atoms with Gasteiger partial charge < -0.3 is 4.57 Å². The summed E-state index contributed by atoms with van der Waals surface area (Å²) < 4.78 is 2.44. The zero-order valence-electron chi connectivity index (χ0n) is 12.5. The third-order valence-electron chi connectivity index (χ3n) is 4.51. The highest BCUT2D eigenvalue weighted by Gasteiger charge is 2.29. The van der Waals surface area contributed by atoms with Crippen molar-refractivity contribution in [2.75, 3.05) is 5.75 Å². The van der Waals surface area contributed by atoms with E-state index < -0.39 is 0 Å². The van der Waals surface area contributed by atoms with Crippen molar-refractivity contribution in [3.05, 3.63) is 17.7 Å². The van der Waals surface area contributed by atoms with Crippen LogP contribution in [-0.2, 0) is 19.4 Å². The van der Waals surface area contributed by atoms with Crippen LogP contribution in [0.2, 0.25) is 0 Å². The van der Waals surface area contributed by atoms with E-state index in [2.05, 4.69) is 42.4 Å². The average Bonchev–Trinajstić information content (AvgIpc) is 2.83. The zero-order chi connectivity index (χ0) is 13.7. The molecule has 0 atom stereocenters. The van der Waals surface area contributed by atoms with Crippen LogP contribution in [0, 0.1) is 5.41 Å². The number of imidazole rings is 1. The Kier molecular flexibility index (Phi) is 5.37. The fourth-order valence-corrected chi connectivity index (χ4v) is 4.00. The van der Waals surface area contributed by atoms with Crippen LogP contribution in [0.3, 0.4) is 0 Å². The third-order valence-corrected chi connectivity index (χ3v) is 5.18. The highest BCUT2D eigenvalue weighted by molar-refractivity contribution is 7.80. The van der Waals surface area contributed by atoms with Gasteiger partial charge in [-0.1, -0.05) is 26.7 Å². The number of rotatable bonds is 7. The Morgan fingerprint density at radius 1 is 1.21 bits per heavy atom. The van der Waals surface area contributed by atoms with Crippen molar-refractivity contribution in [1.82, 2.24) is 9.55 Å². The molecule has 1 heterocycles. The van der Waals surface area contributed by atoms with Crippen molar-refractivity contribution in [3.63, 3.8) is 0 Å². The number of aromatic nitrogens is 2. The van der Waals surface area contributed by atoms with Gasteiger partial charge in [-0.3, -0.25) is 0 Å². The lowest BCUT2D eigenvalue weighted by molar-refractivity contribution is 0.229. The maximum absolute atomic E-state index is 4.67. The fourth-order valence-electron chi connectivity index (χ4n) is 3.58. The van der Waals surface area contributed by atoms with Crippen LogP contribution in [0.5, 0.6) is 0 Å². The summed E-state index contributed by atoms with van der Waals surface area (Å²) in [6, 6.07) is 0. The minimum atomic E-state index is 0.360. The van der Waals surface area contributed by atoms with Gasteiger partial charge in [0.15, 0.2) is 0 Å². The molecule has 0 unspecified atom stereocenters. The molecule has 0 aromatic carbocycles. The van der Waals surface area contributed by atoms with E-state index in [0.717, 1.165) is 12.3 Å². The lowest BCUT2D eigenvalue weighted by Crippen LogP contribution is -2.29. The molecule has 0 N–H and O–H groups in total. The van der Waals surface area contributed by atoms with E-state index in [0.29, 0.717) is 5.41 Å². The lowest BCUT2D eigenvalue weighted by Gasteiger charge is -2.33. The van der Waals surface area contributed by atoms with Crippen molar-refractivity contribution in [2.45, 2.75) is 71.8 Å². The van der Waals surface area contributed by atoms with Gasteiger partial charge in [-0.2, -0.15) is 12.6 Å². The maximum atomic E-state index is 4.67. The lowest BCUT2D eigenvalue weighted by atomic mass is 9.80. The Morgan fingerprint density at radius 2 is 1.89 bits per heavy atom. The standard InChI is InChI=1S/C16H28N2S/c1-3-9-16(12-19,10-4-2)11-18-13-17-14-7-5-6-8-15(14)18/h13,19H,3-12H2,1-2H3. The second kappa shape index (κ2) is 6.83. The van der Waals surface area contributed by atoms with E-state index in [-0.39, 0.29) is 0 Å². The van der Waals surface area contributed by atoms with Gasteiger partial charge in [0.25, 0.3) is 0 Å². The van der Waals surface area contributed by atoms with E-state index >= 15 is 0 Å². The number of hydrogen-bond acceptors (Lipinski definition) is 2. The van der Waals surface area contributed by atoms with Crippen molar-refractivity contribution in [3.8, 4) is 0 Å². The minimum absolute atomic E-state index is 0.360. The van der Waals surface area contributed by atoms with Gasteiger partial charge in [-0.25, -0.2) is 4.98 Å². The van der Waals surface area contributed by atoms with E-state index in [1.54, 1.807) is 0 Å². The molecule has 0 bridgehead atoms. The van der Waals surface area contributed by atoms with E-state index in [1.165, 1.54) is 62.8 Å². The van der Waals surface area contributed by atoms with Crippen molar-refractivity contribution >= 4 is 12.6 Å². The summed E-state index contributed by atoms with van der Waals surface area (Å²) in [6.07, 6.45) is 12.2. The summed E-state index contributed by atoms with van der Waals surface area (Å²) in [5.74, 6) is 0.988. The number of nitrogens with zero attached hydrogens (tertiary/aromatic N) is 2. The minimum Gasteiger partial charge on any atom is -0.334 e. The second-order valence-corrected chi connectivity index (χ2v) is 6.45. The Balaban J connectivity index is 2.18. The first-order chi connectivity index (χ1) is 9.24. The molecule has 1 aliphatic rings. The summed E-state index contributed by atoms with van der Waals surface area (Å²) in [5.41, 5.74) is 3.22. The quantitative estimate of drug-likeness (QED) is 0.738. The molecule has 19 heavy (non-hydrogen) atoms. The van der Waals surface area contributed by atoms with Gasteiger partial charge >= 0.3 is 0 Å². The van der Waals surface area contributed by atoms with Crippen LogP contribution in [0.4, 0.5) is 0 Å². The molecule has 1 aromatic rings. The molecular formula is C16H28N2S. The summed E-state index contributed by atoms with van der Waals surface area (Å²) in [4.78, 5) is 4.63. The first-order valence-electron chi connectivity index (χ1n) is 7.88. The molecule has 0 spiro atoms. The predicted octanol–water partition coefficient (Wildman–Crippen LogP) is 4.28. The van der Waals surface area contributed by atoms with Gasteiger partial charge in [-0.15, -0.1) is 0 Å². The zero-order valence-corrected chi connectivity index (χ0v) is 13.4. The van der Waals surface area contributed by atoms with Crippen LogP contribution in [0.15, 0.2) is 6.33 Å². The topological polar surface area (TPSA) is 17.8 Å². The number of hydrogen-bond donors (Lipinski definition) is 1. The molecule has 2 rings (SSSR count). The van der Waals surface area contributed by atoms with Crippen LogP contribution >= 0.6 is 12.6 Å². The monoisotopic (exact) mass is 280 g/mol. The molecule has 1 aliphatic carbocycles. The molecule has 0 fully saturated rings. The summed E-state index contributed by atoms with van der Waals surface area (Å²) >= 11 is 4.67. The summed E-state index contributed by atoms with van der Waals surface area (Å²) in [5, 5.41) is 0. The Hall–Kier alpha value is -0.440. The number of fused-ring (bicyclic) bond motifs is 1. The Bertz CT molecular complexity index is 391. The maximum Gasteiger partial charge on any atom is 0.0951 e. The molecule has 2 nitrogen and oxygen atoms in total. The normalized spacial score (nSPS) is 15.5. The highest BCUT2D eigenvalue weighted by atomic mass is 32.1. The molecule has 108 valence electrons. The second-order valence-electron chi connectivity index (χ2n) is 6.13. The molecule has 0 saturated carbocycles. The fraction of sp³-hybridized carbons (Fsp3) is 0.812. The largest absolute Gasteiger partial charge is 0.334 e. The molecule has 0 saturated heterocycles. The van der Waals surface area contributed by atoms with Gasteiger partial charge in [0.05, 0.1) is 12.0 Å². The Morgan fingerprint density at radius 3 is 2.53 bits per heavy atom. The molecule has 0 radical (unpaired) electrons. The van der Waals surface area contributed by atoms with Crippen molar-refractivity contribution < 1.29 is 0 Å². The smallest absolute Gasteiger partial charge is 0.0951 e. The van der Waals surface area contributed by atoms with Gasteiger partial charge in [0.2, 0.25) is 0 Å². The molecule has 0 amide bonds. The number of thiol groups is 1. The summed E-state index contributed by atoms with van der Waals surface area (Å²) in [7, 11) is 0. The van der Waals surface area contributed by atoms with Crippen LogP contribution < -0.4 is 0 Å². The van der Waals surface area contributed by atoms with Crippen molar-refractivity contribution in [2.24, 2.45) is 5.41 Å². The molecule has 0 aliphatic heterocycles. The number of aryl methyl sites for hydroxylation is 1. The van der Waals surface area contributed by atoms with Gasteiger partial charge in [-0.05, 0) is 49.7 Å². The SMILES string of the molecule is CCCC(CS)(CCC)Cn1cnc2c1CCCC2. The third kappa shape index (κ3) is 3.36. The van der Waals surface area contributed by atoms with Gasteiger partial charge in [0.1, 0.15) is 0 Å². The van der Waals surface area contributed by atoms with E-state index in [9.17, 15) is 0 Å². The summed E-state index contributed by atoms with van der Waals surface area (Å²) in [6.45, 7) is 5.69. The van der Waals surface area contributed by atoms with Crippen LogP contribution in [-0.4, -0.2) is 15.3 Å². The molecular weight excluding hydrogens is 252 g/mol.